The average molecular weight is 282 g/mol. The molecule has 1 aromatic rings. The highest BCUT2D eigenvalue weighted by Gasteiger charge is 2.26. The fourth-order valence-corrected chi connectivity index (χ4v) is 2.75. The van der Waals surface area contributed by atoms with Crippen LogP contribution in [0.5, 0.6) is 0 Å². The SMILES string of the molecule is O=C1CCc2cc(C(Cl)C3COCCO3)ccc2N1. The first-order chi connectivity index (χ1) is 9.24. The van der Waals surface area contributed by atoms with Crippen LogP contribution in [0.1, 0.15) is 22.9 Å². The molecule has 2 atom stereocenters. The summed E-state index contributed by atoms with van der Waals surface area (Å²) >= 11 is 6.46. The monoisotopic (exact) mass is 281 g/mol. The summed E-state index contributed by atoms with van der Waals surface area (Å²) in [6.07, 6.45) is 1.19. The molecular weight excluding hydrogens is 266 g/mol. The third kappa shape index (κ3) is 2.76. The number of carbonyl (C=O) groups excluding carboxylic acids is 1. The summed E-state index contributed by atoms with van der Waals surface area (Å²) in [5.74, 6) is 0.0756. The zero-order chi connectivity index (χ0) is 13.2. The van der Waals surface area contributed by atoms with E-state index in [-0.39, 0.29) is 17.4 Å². The minimum atomic E-state index is -0.219. The number of fused-ring (bicyclic) bond motifs is 1. The first-order valence-electron chi connectivity index (χ1n) is 6.50. The largest absolute Gasteiger partial charge is 0.376 e. The molecule has 5 heteroatoms. The third-order valence-corrected chi connectivity index (χ3v) is 4.04. The van der Waals surface area contributed by atoms with Gasteiger partial charge in [0.25, 0.3) is 0 Å². The maximum absolute atomic E-state index is 11.3. The zero-order valence-corrected chi connectivity index (χ0v) is 11.3. The van der Waals surface area contributed by atoms with Crippen molar-refractivity contribution >= 4 is 23.2 Å². The lowest BCUT2D eigenvalue weighted by Gasteiger charge is -2.28. The van der Waals surface area contributed by atoms with Gasteiger partial charge in [0.05, 0.1) is 25.2 Å². The maximum atomic E-state index is 11.3. The molecule has 0 spiro atoms. The highest BCUT2D eigenvalue weighted by atomic mass is 35.5. The Bertz CT molecular complexity index is 486. The molecule has 1 saturated heterocycles. The number of hydrogen-bond acceptors (Lipinski definition) is 3. The molecule has 1 amide bonds. The van der Waals surface area contributed by atoms with Crippen molar-refractivity contribution in [2.75, 3.05) is 25.1 Å². The van der Waals surface area contributed by atoms with Crippen molar-refractivity contribution in [2.45, 2.75) is 24.3 Å². The summed E-state index contributed by atoms with van der Waals surface area (Å²) in [6.45, 7) is 1.76. The Labute approximate surface area is 117 Å². The second kappa shape index (κ2) is 5.49. The molecule has 1 N–H and O–H groups in total. The summed E-state index contributed by atoms with van der Waals surface area (Å²) in [4.78, 5) is 11.3. The summed E-state index contributed by atoms with van der Waals surface area (Å²) < 4.78 is 11.0. The van der Waals surface area contributed by atoms with Crippen LogP contribution in [0.4, 0.5) is 5.69 Å². The first-order valence-corrected chi connectivity index (χ1v) is 6.94. The molecule has 2 aliphatic heterocycles. The van der Waals surface area contributed by atoms with Gasteiger partial charge >= 0.3 is 0 Å². The molecule has 102 valence electrons. The van der Waals surface area contributed by atoms with Crippen LogP contribution in [0.2, 0.25) is 0 Å². The number of alkyl halides is 1. The van der Waals surface area contributed by atoms with Gasteiger partial charge in [-0.15, -0.1) is 11.6 Å². The lowest BCUT2D eigenvalue weighted by atomic mass is 9.97. The van der Waals surface area contributed by atoms with Gasteiger partial charge in [-0.2, -0.15) is 0 Å². The standard InChI is InChI=1S/C14H16ClNO3/c15-14(12-8-18-5-6-19-12)10-1-3-11-9(7-10)2-4-13(17)16-11/h1,3,7,12,14H,2,4-6,8H2,(H,16,17). The van der Waals surface area contributed by atoms with Crippen LogP contribution in [-0.2, 0) is 20.7 Å². The minimum absolute atomic E-state index is 0.0756. The molecule has 1 fully saturated rings. The van der Waals surface area contributed by atoms with Gasteiger partial charge in [0.1, 0.15) is 6.10 Å². The van der Waals surface area contributed by atoms with Crippen molar-refractivity contribution < 1.29 is 14.3 Å². The van der Waals surface area contributed by atoms with Gasteiger partial charge < -0.3 is 14.8 Å². The van der Waals surface area contributed by atoms with Crippen molar-refractivity contribution in [3.63, 3.8) is 0 Å². The normalized spacial score (nSPS) is 24.5. The number of ether oxygens (including phenoxy) is 2. The van der Waals surface area contributed by atoms with Gasteiger partial charge in [0.2, 0.25) is 5.91 Å². The Kier molecular flexibility index (Phi) is 3.73. The topological polar surface area (TPSA) is 47.6 Å². The molecule has 2 unspecified atom stereocenters. The highest BCUT2D eigenvalue weighted by molar-refractivity contribution is 6.21. The number of halogens is 1. The fourth-order valence-electron chi connectivity index (χ4n) is 2.46. The number of benzene rings is 1. The molecule has 0 aliphatic carbocycles. The van der Waals surface area contributed by atoms with Crippen LogP contribution in [0.3, 0.4) is 0 Å². The van der Waals surface area contributed by atoms with Crippen molar-refractivity contribution in [3.8, 4) is 0 Å². The summed E-state index contributed by atoms with van der Waals surface area (Å²) in [7, 11) is 0. The molecule has 0 bridgehead atoms. The Morgan fingerprint density at radius 3 is 3.00 bits per heavy atom. The van der Waals surface area contributed by atoms with Crippen LogP contribution in [0, 0.1) is 0 Å². The lowest BCUT2D eigenvalue weighted by Crippen LogP contribution is -2.32. The number of aryl methyl sites for hydroxylation is 1. The van der Waals surface area contributed by atoms with Gasteiger partial charge in [0, 0.05) is 12.1 Å². The molecule has 1 aromatic carbocycles. The van der Waals surface area contributed by atoms with Gasteiger partial charge in [-0.1, -0.05) is 12.1 Å². The number of anilines is 1. The van der Waals surface area contributed by atoms with E-state index in [2.05, 4.69) is 11.4 Å². The Morgan fingerprint density at radius 1 is 1.32 bits per heavy atom. The number of rotatable bonds is 2. The van der Waals surface area contributed by atoms with Gasteiger partial charge in [0.15, 0.2) is 0 Å². The van der Waals surface area contributed by atoms with Crippen LogP contribution >= 0.6 is 11.6 Å². The molecule has 2 heterocycles. The molecule has 2 aliphatic rings. The smallest absolute Gasteiger partial charge is 0.224 e. The molecule has 19 heavy (non-hydrogen) atoms. The van der Waals surface area contributed by atoms with Crippen LogP contribution in [0.25, 0.3) is 0 Å². The average Bonchev–Trinajstić information content (AvgIpc) is 2.47. The van der Waals surface area contributed by atoms with Crippen LogP contribution in [0.15, 0.2) is 18.2 Å². The van der Waals surface area contributed by atoms with E-state index in [0.29, 0.717) is 26.2 Å². The molecule has 0 saturated carbocycles. The van der Waals surface area contributed by atoms with E-state index in [1.165, 1.54) is 0 Å². The van der Waals surface area contributed by atoms with Gasteiger partial charge in [-0.05, 0) is 23.6 Å². The van der Waals surface area contributed by atoms with E-state index in [0.717, 1.165) is 23.2 Å². The maximum Gasteiger partial charge on any atom is 0.224 e. The van der Waals surface area contributed by atoms with E-state index in [9.17, 15) is 4.79 Å². The highest BCUT2D eigenvalue weighted by Crippen LogP contribution is 2.32. The Morgan fingerprint density at radius 2 is 2.21 bits per heavy atom. The number of amides is 1. The van der Waals surface area contributed by atoms with Crippen LogP contribution < -0.4 is 5.32 Å². The van der Waals surface area contributed by atoms with E-state index in [1.54, 1.807) is 0 Å². The Balaban J connectivity index is 1.79. The number of carbonyl (C=O) groups is 1. The van der Waals surface area contributed by atoms with Gasteiger partial charge in [-0.25, -0.2) is 0 Å². The summed E-state index contributed by atoms with van der Waals surface area (Å²) in [5, 5.41) is 2.65. The molecular formula is C14H16ClNO3. The molecule has 4 nitrogen and oxygen atoms in total. The molecule has 0 aromatic heterocycles. The van der Waals surface area contributed by atoms with Crippen molar-refractivity contribution in [1.29, 1.82) is 0 Å². The van der Waals surface area contributed by atoms with Gasteiger partial charge in [-0.3, -0.25) is 4.79 Å². The van der Waals surface area contributed by atoms with E-state index in [4.69, 9.17) is 21.1 Å². The predicted molar refractivity (Wildman–Crippen MR) is 72.5 cm³/mol. The molecule has 0 radical (unpaired) electrons. The van der Waals surface area contributed by atoms with Crippen molar-refractivity contribution in [1.82, 2.24) is 0 Å². The van der Waals surface area contributed by atoms with Crippen LogP contribution in [-0.4, -0.2) is 31.8 Å². The van der Waals surface area contributed by atoms with Crippen molar-refractivity contribution in [3.05, 3.63) is 29.3 Å². The van der Waals surface area contributed by atoms with E-state index < -0.39 is 0 Å². The van der Waals surface area contributed by atoms with E-state index >= 15 is 0 Å². The minimum Gasteiger partial charge on any atom is -0.376 e. The predicted octanol–water partition coefficient (Wildman–Crippen LogP) is 2.27. The van der Waals surface area contributed by atoms with Crippen molar-refractivity contribution in [2.24, 2.45) is 0 Å². The molecule has 3 rings (SSSR count). The first kappa shape index (κ1) is 12.9. The number of hydrogen-bond donors (Lipinski definition) is 1. The quantitative estimate of drug-likeness (QED) is 0.846. The Hall–Kier alpha value is -1.10. The second-order valence-corrected chi connectivity index (χ2v) is 5.32. The third-order valence-electron chi connectivity index (χ3n) is 3.51. The second-order valence-electron chi connectivity index (χ2n) is 4.85. The van der Waals surface area contributed by atoms with E-state index in [1.807, 2.05) is 12.1 Å². The fraction of sp³-hybridized carbons (Fsp3) is 0.500. The summed E-state index contributed by atoms with van der Waals surface area (Å²) in [6, 6.07) is 5.92. The summed E-state index contributed by atoms with van der Waals surface area (Å²) in [5.41, 5.74) is 3.05. The number of nitrogens with one attached hydrogen (secondary N) is 1. The zero-order valence-electron chi connectivity index (χ0n) is 10.5. The lowest BCUT2D eigenvalue weighted by molar-refractivity contribution is -0.116.